The fraction of sp³-hybridized carbons (Fsp3) is 0.188. The maximum absolute atomic E-state index is 12.5. The molecule has 3 N–H and O–H groups in total. The molecule has 0 saturated carbocycles. The summed E-state index contributed by atoms with van der Waals surface area (Å²) in [6, 6.07) is 51.4. The van der Waals surface area contributed by atoms with Gasteiger partial charge in [0.15, 0.2) is 5.78 Å². The predicted molar refractivity (Wildman–Crippen MR) is 222 cm³/mol. The van der Waals surface area contributed by atoms with Gasteiger partial charge in [-0.2, -0.15) is 0 Å². The van der Waals surface area contributed by atoms with Crippen LogP contribution in [0.2, 0.25) is 0 Å². The largest absolute Gasteiger partial charge is 0.489 e. The molecule has 6 aromatic carbocycles. The topological polar surface area (TPSA) is 132 Å². The van der Waals surface area contributed by atoms with Crippen LogP contribution < -0.4 is 20.1 Å². The van der Waals surface area contributed by atoms with Crippen molar-refractivity contribution in [3.05, 3.63) is 203 Å². The van der Waals surface area contributed by atoms with Crippen LogP contribution in [0.5, 0.6) is 11.5 Å². The first-order valence-corrected chi connectivity index (χ1v) is 18.9. The van der Waals surface area contributed by atoms with Gasteiger partial charge in [-0.1, -0.05) is 133 Å². The molecule has 0 aromatic heterocycles. The number of Topliss-reactive ketones (excluding diaryl/α,β-unsaturated/α-hetero) is 1. The number of hydrogen-bond donors (Lipinski definition) is 3. The third-order valence-corrected chi connectivity index (χ3v) is 8.83. The normalized spacial score (nSPS) is 12.0. The number of alkyl carbamates (subject to hydrolysis) is 2. The molecule has 3 atom stereocenters. The summed E-state index contributed by atoms with van der Waals surface area (Å²) in [6.07, 6.45) is -2.05. The van der Waals surface area contributed by atoms with E-state index < -0.39 is 30.4 Å². The smallest absolute Gasteiger partial charge is 0.408 e. The fourth-order valence-electron chi connectivity index (χ4n) is 5.53. The lowest BCUT2D eigenvalue weighted by Gasteiger charge is -2.20. The van der Waals surface area contributed by atoms with E-state index in [2.05, 4.69) is 10.6 Å². The number of aliphatic hydroxyl groups is 1. The van der Waals surface area contributed by atoms with Gasteiger partial charge in [-0.05, 0) is 78.1 Å². The molecule has 298 valence electrons. The lowest BCUT2D eigenvalue weighted by Crippen LogP contribution is -2.38. The Morgan fingerprint density at radius 3 is 1.26 bits per heavy atom. The molecule has 6 rings (SSSR count). The SMILES string of the molecule is C[C@H](NC(=O)OCc1ccccc1)C(=O)c1ccc(OCc2ccccc2)cc1.C[C@H](NC(=O)OCc1ccccc1)[C@H](O)c1ccc(OCc2ccccc2)cc1. The first-order valence-electron chi connectivity index (χ1n) is 18.9. The summed E-state index contributed by atoms with van der Waals surface area (Å²) < 4.78 is 21.8. The summed E-state index contributed by atoms with van der Waals surface area (Å²) in [5.74, 6) is 1.19. The molecular weight excluding hydrogens is 733 g/mol. The number of amides is 2. The Hall–Kier alpha value is -6.91. The van der Waals surface area contributed by atoms with Crippen LogP contribution in [-0.4, -0.2) is 35.2 Å². The lowest BCUT2D eigenvalue weighted by molar-refractivity contribution is 0.0926. The minimum Gasteiger partial charge on any atom is -0.489 e. The van der Waals surface area contributed by atoms with Crippen molar-refractivity contribution in [3.8, 4) is 11.5 Å². The van der Waals surface area contributed by atoms with Crippen LogP contribution in [0.1, 0.15) is 58.1 Å². The maximum Gasteiger partial charge on any atom is 0.408 e. The summed E-state index contributed by atoms with van der Waals surface area (Å²) in [5, 5.41) is 15.7. The first-order chi connectivity index (χ1) is 28.2. The predicted octanol–water partition coefficient (Wildman–Crippen LogP) is 9.38. The van der Waals surface area contributed by atoms with E-state index in [4.69, 9.17) is 18.9 Å². The quantitative estimate of drug-likeness (QED) is 0.0829. The first kappa shape index (κ1) is 42.2. The van der Waals surface area contributed by atoms with Gasteiger partial charge in [0.05, 0.1) is 18.2 Å². The Morgan fingerprint density at radius 1 is 0.483 bits per heavy atom. The number of carbonyl (C=O) groups is 3. The molecule has 0 bridgehead atoms. The van der Waals surface area contributed by atoms with Crippen LogP contribution in [-0.2, 0) is 35.9 Å². The number of ether oxygens (including phenoxy) is 4. The molecule has 0 fully saturated rings. The second-order valence-electron chi connectivity index (χ2n) is 13.4. The Morgan fingerprint density at radius 2 is 0.845 bits per heavy atom. The average molecular weight is 781 g/mol. The minimum absolute atomic E-state index is 0.154. The zero-order valence-corrected chi connectivity index (χ0v) is 32.5. The maximum atomic E-state index is 12.5. The van der Waals surface area contributed by atoms with Gasteiger partial charge in [0.1, 0.15) is 37.9 Å². The Labute approximate surface area is 339 Å². The van der Waals surface area contributed by atoms with Gasteiger partial charge in [0, 0.05) is 5.56 Å². The zero-order chi connectivity index (χ0) is 41.0. The monoisotopic (exact) mass is 780 g/mol. The van der Waals surface area contributed by atoms with Crippen LogP contribution in [0, 0.1) is 0 Å². The average Bonchev–Trinajstić information content (AvgIpc) is 3.27. The molecule has 2 amide bonds. The van der Waals surface area contributed by atoms with Gasteiger partial charge >= 0.3 is 12.2 Å². The van der Waals surface area contributed by atoms with Crippen LogP contribution in [0.4, 0.5) is 9.59 Å². The molecule has 0 radical (unpaired) electrons. The van der Waals surface area contributed by atoms with Gasteiger partial charge in [-0.15, -0.1) is 0 Å². The van der Waals surface area contributed by atoms with Crippen molar-refractivity contribution in [3.63, 3.8) is 0 Å². The third-order valence-electron chi connectivity index (χ3n) is 8.83. The number of nitrogens with one attached hydrogen (secondary N) is 2. The summed E-state index contributed by atoms with van der Waals surface area (Å²) >= 11 is 0. The summed E-state index contributed by atoms with van der Waals surface area (Å²) in [6.45, 7) is 4.64. The molecule has 0 saturated heterocycles. The lowest BCUT2D eigenvalue weighted by atomic mass is 10.0. The van der Waals surface area contributed by atoms with E-state index in [1.54, 1.807) is 50.2 Å². The molecule has 0 unspecified atom stereocenters. The van der Waals surface area contributed by atoms with Gasteiger partial charge < -0.3 is 34.7 Å². The van der Waals surface area contributed by atoms with Crippen molar-refractivity contribution < 1.29 is 38.4 Å². The summed E-state index contributed by atoms with van der Waals surface area (Å²) in [5.41, 5.74) is 5.12. The standard InChI is InChI=1S/C24H25NO4.C24H23NO4/c2*1-18(25-24(27)29-17-20-10-6-3-7-11-20)23(26)21-12-14-22(15-13-21)28-16-19-8-4-2-5-9-19/h2-15,18,23,26H,16-17H2,1H3,(H,25,27);2-15,18H,16-17H2,1H3,(H,25,27)/t18-,23-;18-/m00/s1. The summed E-state index contributed by atoms with van der Waals surface area (Å²) in [4.78, 5) is 36.4. The van der Waals surface area contributed by atoms with E-state index in [-0.39, 0.29) is 19.0 Å². The zero-order valence-electron chi connectivity index (χ0n) is 32.5. The van der Waals surface area contributed by atoms with Gasteiger partial charge in [-0.25, -0.2) is 9.59 Å². The molecule has 0 aliphatic carbocycles. The van der Waals surface area contributed by atoms with Crippen molar-refractivity contribution in [2.24, 2.45) is 0 Å². The molecule has 6 aromatic rings. The number of ketones is 1. The van der Waals surface area contributed by atoms with E-state index in [0.29, 0.717) is 35.8 Å². The number of carbonyl (C=O) groups excluding carboxylic acids is 3. The highest BCUT2D eigenvalue weighted by molar-refractivity contribution is 6.01. The molecule has 0 spiro atoms. The van der Waals surface area contributed by atoms with Crippen LogP contribution >= 0.6 is 0 Å². The Kier molecular flexibility index (Phi) is 16.5. The second-order valence-corrected chi connectivity index (χ2v) is 13.4. The highest BCUT2D eigenvalue weighted by Crippen LogP contribution is 2.22. The summed E-state index contributed by atoms with van der Waals surface area (Å²) in [7, 11) is 0. The van der Waals surface area contributed by atoms with Crippen LogP contribution in [0.3, 0.4) is 0 Å². The van der Waals surface area contributed by atoms with E-state index in [1.165, 1.54) is 0 Å². The van der Waals surface area contributed by atoms with Crippen molar-refractivity contribution in [1.29, 1.82) is 0 Å². The molecule has 10 nitrogen and oxygen atoms in total. The van der Waals surface area contributed by atoms with Crippen molar-refractivity contribution in [2.75, 3.05) is 0 Å². The van der Waals surface area contributed by atoms with Gasteiger partial charge in [0.25, 0.3) is 0 Å². The van der Waals surface area contributed by atoms with Crippen molar-refractivity contribution in [2.45, 2.75) is 58.5 Å². The third kappa shape index (κ3) is 14.3. The van der Waals surface area contributed by atoms with Crippen molar-refractivity contribution >= 4 is 18.0 Å². The minimum atomic E-state index is -0.859. The van der Waals surface area contributed by atoms with E-state index in [9.17, 15) is 19.5 Å². The van der Waals surface area contributed by atoms with Crippen LogP contribution in [0.15, 0.2) is 170 Å². The Bertz CT molecular complexity index is 2120. The second kappa shape index (κ2) is 22.6. The Balaban J connectivity index is 0.000000221. The fourth-order valence-corrected chi connectivity index (χ4v) is 5.53. The molecule has 58 heavy (non-hydrogen) atoms. The van der Waals surface area contributed by atoms with Crippen molar-refractivity contribution in [1.82, 2.24) is 10.6 Å². The van der Waals surface area contributed by atoms with Gasteiger partial charge in [-0.3, -0.25) is 4.79 Å². The van der Waals surface area contributed by atoms with Crippen LogP contribution in [0.25, 0.3) is 0 Å². The van der Waals surface area contributed by atoms with E-state index in [0.717, 1.165) is 22.3 Å². The molecule has 0 heterocycles. The molecular formula is C48H48N2O8. The highest BCUT2D eigenvalue weighted by atomic mass is 16.6. The number of rotatable bonds is 16. The molecule has 0 aliphatic heterocycles. The van der Waals surface area contributed by atoms with Gasteiger partial charge in [0.2, 0.25) is 0 Å². The number of hydrogen-bond acceptors (Lipinski definition) is 8. The van der Waals surface area contributed by atoms with E-state index >= 15 is 0 Å². The molecule has 0 aliphatic rings. The number of benzene rings is 6. The van der Waals surface area contributed by atoms with E-state index in [1.807, 2.05) is 133 Å². The molecule has 10 heteroatoms. The highest BCUT2D eigenvalue weighted by Gasteiger charge is 2.20. The number of aliphatic hydroxyl groups excluding tert-OH is 1.